The Morgan fingerprint density at radius 1 is 1.13 bits per heavy atom. The summed E-state index contributed by atoms with van der Waals surface area (Å²) in [7, 11) is 0. The van der Waals surface area contributed by atoms with Crippen molar-refractivity contribution in [2.75, 3.05) is 6.54 Å². The van der Waals surface area contributed by atoms with Gasteiger partial charge in [-0.15, -0.1) is 5.10 Å². The van der Waals surface area contributed by atoms with Crippen LogP contribution < -0.4 is 0 Å². The number of rotatable bonds is 7. The van der Waals surface area contributed by atoms with Crippen LogP contribution in [0.3, 0.4) is 0 Å². The molecule has 1 N–H and O–H groups in total. The number of nitrogens with zero attached hydrogens (tertiary/aromatic N) is 8. The van der Waals surface area contributed by atoms with Gasteiger partial charge >= 0.3 is 6.09 Å². The Hall–Kier alpha value is -4.77. The quantitative estimate of drug-likeness (QED) is 0.385. The Balaban J connectivity index is 1.24. The summed E-state index contributed by atoms with van der Waals surface area (Å²) in [4.78, 5) is 17.9. The molecule has 2 heterocycles. The van der Waals surface area contributed by atoms with Crippen LogP contribution in [0.25, 0.3) is 16.7 Å². The fourth-order valence-corrected chi connectivity index (χ4v) is 5.27. The largest absolute Gasteiger partial charge is 0.465 e. The third-order valence-corrected chi connectivity index (χ3v) is 7.02. The summed E-state index contributed by atoms with van der Waals surface area (Å²) in [6.45, 7) is 1.20. The molecule has 2 atom stereocenters. The number of aromatic nitrogens is 5. The Morgan fingerprint density at radius 2 is 1.95 bits per heavy atom. The van der Waals surface area contributed by atoms with Crippen LogP contribution >= 0.6 is 0 Å². The molecule has 1 saturated carbocycles. The van der Waals surface area contributed by atoms with Crippen molar-refractivity contribution in [3.05, 3.63) is 71.6 Å². The fourth-order valence-electron chi connectivity index (χ4n) is 5.27. The molecule has 1 aliphatic carbocycles. The van der Waals surface area contributed by atoms with E-state index in [0.29, 0.717) is 29.4 Å². The lowest BCUT2D eigenvalue weighted by atomic mass is 9.81. The smallest absolute Gasteiger partial charge is 0.407 e. The minimum Gasteiger partial charge on any atom is -0.465 e. The molecule has 0 saturated heterocycles. The molecular weight excluding hydrogens is 487 g/mol. The lowest BCUT2D eigenvalue weighted by molar-refractivity contribution is 0.119. The van der Waals surface area contributed by atoms with E-state index in [-0.39, 0.29) is 18.0 Å². The van der Waals surface area contributed by atoms with E-state index in [4.69, 9.17) is 5.26 Å². The fraction of sp³-hybridized carbons (Fsp3) is 0.333. The van der Waals surface area contributed by atoms with Gasteiger partial charge in [-0.25, -0.2) is 18.9 Å². The molecule has 11 heteroatoms. The van der Waals surface area contributed by atoms with Crippen molar-refractivity contribution in [2.45, 2.75) is 38.8 Å². The number of carboxylic acid groups (broad SMARTS) is 1. The van der Waals surface area contributed by atoms with Crippen LogP contribution in [-0.4, -0.2) is 47.2 Å². The Bertz CT molecular complexity index is 1560. The molecule has 10 nitrogen and oxygen atoms in total. The monoisotopic (exact) mass is 512 g/mol. The minimum atomic E-state index is -1.04. The third kappa shape index (κ3) is 5.47. The molecule has 2 unspecified atom stereocenters. The number of fused-ring (bicyclic) bond motifs is 1. The molecule has 0 spiro atoms. The average Bonchev–Trinajstić information content (AvgIpc) is 3.55. The van der Waals surface area contributed by atoms with Crippen LogP contribution in [-0.2, 0) is 13.1 Å². The number of hydrogen-bond donors (Lipinski definition) is 1. The highest BCUT2D eigenvalue weighted by Crippen LogP contribution is 2.32. The predicted molar refractivity (Wildman–Crippen MR) is 134 cm³/mol. The van der Waals surface area contributed by atoms with E-state index in [9.17, 15) is 19.6 Å². The van der Waals surface area contributed by atoms with E-state index in [2.05, 4.69) is 25.9 Å². The maximum Gasteiger partial charge on any atom is 0.407 e. The summed E-state index contributed by atoms with van der Waals surface area (Å²) in [5.74, 6) is 0.00536. The minimum absolute atomic E-state index is 0.0556. The van der Waals surface area contributed by atoms with E-state index in [1.165, 1.54) is 21.7 Å². The van der Waals surface area contributed by atoms with Crippen molar-refractivity contribution >= 4 is 17.1 Å². The second-order valence-electron chi connectivity index (χ2n) is 9.74. The molecule has 0 bridgehead atoms. The topological polar surface area (TPSA) is 137 Å². The van der Waals surface area contributed by atoms with Gasteiger partial charge in [0.1, 0.15) is 11.5 Å². The Kier molecular flexibility index (Phi) is 7.00. The predicted octanol–water partition coefficient (Wildman–Crippen LogP) is 4.49. The van der Waals surface area contributed by atoms with E-state index in [1.54, 1.807) is 18.6 Å². The summed E-state index contributed by atoms with van der Waals surface area (Å²) >= 11 is 0. The molecule has 1 aliphatic rings. The van der Waals surface area contributed by atoms with Crippen LogP contribution in [0.2, 0.25) is 0 Å². The third-order valence-electron chi connectivity index (χ3n) is 7.02. The molecule has 0 aliphatic heterocycles. The van der Waals surface area contributed by atoms with Gasteiger partial charge < -0.3 is 14.6 Å². The lowest BCUT2D eigenvalue weighted by Crippen LogP contribution is -2.36. The van der Waals surface area contributed by atoms with Crippen molar-refractivity contribution in [1.29, 1.82) is 10.5 Å². The van der Waals surface area contributed by atoms with E-state index in [1.807, 2.05) is 18.2 Å². The van der Waals surface area contributed by atoms with Gasteiger partial charge in [-0.05, 0) is 67.5 Å². The highest BCUT2D eigenvalue weighted by Gasteiger charge is 2.27. The summed E-state index contributed by atoms with van der Waals surface area (Å²) < 4.78 is 17.2. The molecule has 2 aromatic carbocycles. The van der Waals surface area contributed by atoms with Gasteiger partial charge in [-0.3, -0.25) is 0 Å². The number of benzene rings is 2. The zero-order valence-corrected chi connectivity index (χ0v) is 20.5. The van der Waals surface area contributed by atoms with Crippen molar-refractivity contribution in [1.82, 2.24) is 29.4 Å². The number of amides is 1. The van der Waals surface area contributed by atoms with Gasteiger partial charge in [-0.1, -0.05) is 11.6 Å². The molecular formula is C27H25FN8O2. The molecule has 1 amide bonds. The van der Waals surface area contributed by atoms with Gasteiger partial charge in [0.05, 0.1) is 59.1 Å². The average molecular weight is 513 g/mol. The number of hydrogen-bond acceptors (Lipinski definition) is 6. The van der Waals surface area contributed by atoms with Crippen LogP contribution in [0.4, 0.5) is 9.18 Å². The SMILES string of the molecule is N#Cc1cc(F)cc(-n2cc(CN(CC3CCCC(Cn4cnc5ccc(C#N)cc54)C3)C(=O)O)nn2)c1. The Labute approximate surface area is 218 Å². The van der Waals surface area contributed by atoms with Gasteiger partial charge in [0.25, 0.3) is 0 Å². The number of carbonyl (C=O) groups is 1. The first-order valence-electron chi connectivity index (χ1n) is 12.4. The second kappa shape index (κ2) is 10.7. The van der Waals surface area contributed by atoms with Crippen molar-refractivity contribution in [2.24, 2.45) is 11.8 Å². The maximum atomic E-state index is 13.8. The summed E-state index contributed by atoms with van der Waals surface area (Å²) in [6.07, 6.45) is 6.20. The summed E-state index contributed by atoms with van der Waals surface area (Å²) in [6, 6.07) is 13.4. The second-order valence-corrected chi connectivity index (χ2v) is 9.74. The highest BCUT2D eigenvalue weighted by molar-refractivity contribution is 5.77. The lowest BCUT2D eigenvalue weighted by Gasteiger charge is -2.32. The molecule has 4 aromatic rings. The first kappa shape index (κ1) is 24.9. The number of halogens is 1. The van der Waals surface area contributed by atoms with Crippen LogP contribution in [0, 0.1) is 40.3 Å². The number of nitriles is 2. The van der Waals surface area contributed by atoms with Gasteiger partial charge in [0.15, 0.2) is 0 Å². The molecule has 5 rings (SSSR count). The van der Waals surface area contributed by atoms with Crippen molar-refractivity contribution in [3.8, 4) is 17.8 Å². The first-order valence-corrected chi connectivity index (χ1v) is 12.4. The van der Waals surface area contributed by atoms with Crippen LogP contribution in [0.1, 0.15) is 42.5 Å². The molecule has 2 aromatic heterocycles. The van der Waals surface area contributed by atoms with Crippen LogP contribution in [0.15, 0.2) is 48.9 Å². The normalized spacial score (nSPS) is 17.1. The van der Waals surface area contributed by atoms with Crippen molar-refractivity contribution < 1.29 is 14.3 Å². The van der Waals surface area contributed by atoms with E-state index in [0.717, 1.165) is 49.3 Å². The summed E-state index contributed by atoms with van der Waals surface area (Å²) in [5.41, 5.74) is 3.31. The molecule has 0 radical (unpaired) electrons. The highest BCUT2D eigenvalue weighted by atomic mass is 19.1. The van der Waals surface area contributed by atoms with Crippen LogP contribution in [0.5, 0.6) is 0 Å². The van der Waals surface area contributed by atoms with Gasteiger partial charge in [0.2, 0.25) is 0 Å². The first-order chi connectivity index (χ1) is 18.4. The summed E-state index contributed by atoms with van der Waals surface area (Å²) in [5, 5.41) is 36.3. The maximum absolute atomic E-state index is 13.8. The number of imidazole rings is 1. The molecule has 1 fully saturated rings. The zero-order valence-electron chi connectivity index (χ0n) is 20.5. The van der Waals surface area contributed by atoms with Gasteiger partial charge in [-0.2, -0.15) is 10.5 Å². The molecule has 38 heavy (non-hydrogen) atoms. The molecule has 192 valence electrons. The van der Waals surface area contributed by atoms with E-state index >= 15 is 0 Å². The van der Waals surface area contributed by atoms with Crippen molar-refractivity contribution in [3.63, 3.8) is 0 Å². The van der Waals surface area contributed by atoms with Gasteiger partial charge in [0, 0.05) is 13.1 Å². The standard InChI is InChI=1S/C27H25FN8O2/c28-22-7-21(12-30)8-24(10-22)36-16-23(32-33-36)15-34(27(37)38)13-19-2-1-3-20(6-19)14-35-17-31-25-5-4-18(11-29)9-26(25)35/h4-5,7-10,16-17,19-20H,1-3,6,13-15H2,(H,37,38). The van der Waals surface area contributed by atoms with E-state index < -0.39 is 11.9 Å². The zero-order chi connectivity index (χ0) is 26.6. The Morgan fingerprint density at radius 3 is 2.74 bits per heavy atom.